The monoisotopic (exact) mass is 338 g/mol. The summed E-state index contributed by atoms with van der Waals surface area (Å²) in [7, 11) is 3.52. The number of hydrogen-bond acceptors (Lipinski definition) is 5. The largest absolute Gasteiger partial charge is 0.383 e. The maximum absolute atomic E-state index is 12.9. The number of carbonyl (C=O) groups excluding carboxylic acids is 1. The molecule has 0 N–H and O–H groups in total. The molecular formula is C17H26N2O3S. The Bertz CT molecular complexity index is 548. The molecule has 2 aliphatic rings. The van der Waals surface area contributed by atoms with Crippen molar-refractivity contribution in [3.05, 3.63) is 21.9 Å². The minimum absolute atomic E-state index is 0.182. The van der Waals surface area contributed by atoms with Crippen molar-refractivity contribution in [1.82, 2.24) is 9.80 Å². The number of ether oxygens (including phenoxy) is 2. The number of hydrogen-bond donors (Lipinski definition) is 0. The molecule has 0 saturated carbocycles. The van der Waals surface area contributed by atoms with Crippen molar-refractivity contribution in [3.63, 3.8) is 0 Å². The molecule has 0 aliphatic carbocycles. The van der Waals surface area contributed by atoms with E-state index in [1.54, 1.807) is 25.6 Å². The van der Waals surface area contributed by atoms with Crippen molar-refractivity contribution in [2.24, 2.45) is 5.92 Å². The summed E-state index contributed by atoms with van der Waals surface area (Å²) in [4.78, 5) is 19.4. The average Bonchev–Trinajstić information content (AvgIpc) is 3.17. The summed E-state index contributed by atoms with van der Waals surface area (Å²) in [5, 5.41) is 0. The average molecular weight is 338 g/mol. The van der Waals surface area contributed by atoms with Crippen LogP contribution in [0.4, 0.5) is 0 Å². The second-order valence-electron chi connectivity index (χ2n) is 6.46. The predicted molar refractivity (Wildman–Crippen MR) is 91.1 cm³/mol. The highest BCUT2D eigenvalue weighted by Gasteiger charge is 2.46. The second-order valence-corrected chi connectivity index (χ2v) is 7.74. The van der Waals surface area contributed by atoms with Gasteiger partial charge in [-0.1, -0.05) is 0 Å². The van der Waals surface area contributed by atoms with Gasteiger partial charge in [0.1, 0.15) is 0 Å². The summed E-state index contributed by atoms with van der Waals surface area (Å²) >= 11 is 1.59. The zero-order valence-corrected chi connectivity index (χ0v) is 15.0. The third-order valence-electron chi connectivity index (χ3n) is 5.07. The van der Waals surface area contributed by atoms with E-state index in [0.717, 1.165) is 44.1 Å². The first-order valence-corrected chi connectivity index (χ1v) is 9.07. The first-order valence-electron chi connectivity index (χ1n) is 8.25. The molecule has 0 aromatic carbocycles. The van der Waals surface area contributed by atoms with Crippen LogP contribution in [-0.4, -0.2) is 74.9 Å². The van der Waals surface area contributed by atoms with E-state index in [0.29, 0.717) is 5.92 Å². The lowest BCUT2D eigenvalue weighted by atomic mass is 9.89. The number of thiophene rings is 1. The predicted octanol–water partition coefficient (Wildman–Crippen LogP) is 1.86. The smallest absolute Gasteiger partial charge is 0.264 e. The molecule has 5 nitrogen and oxygen atoms in total. The fourth-order valence-corrected chi connectivity index (χ4v) is 4.70. The number of likely N-dealkylation sites (tertiary alicyclic amines) is 2. The van der Waals surface area contributed by atoms with Crippen LogP contribution in [0.2, 0.25) is 0 Å². The van der Waals surface area contributed by atoms with E-state index in [-0.39, 0.29) is 18.1 Å². The number of carbonyl (C=O) groups is 1. The molecule has 1 aromatic rings. The molecule has 2 fully saturated rings. The van der Waals surface area contributed by atoms with Gasteiger partial charge in [0.15, 0.2) is 0 Å². The fourth-order valence-electron chi connectivity index (χ4n) is 3.87. The topological polar surface area (TPSA) is 42.0 Å². The Morgan fingerprint density at radius 3 is 2.83 bits per heavy atom. The van der Waals surface area contributed by atoms with Crippen molar-refractivity contribution in [2.75, 3.05) is 47.0 Å². The quantitative estimate of drug-likeness (QED) is 0.822. The number of piperidine rings is 1. The molecule has 3 atom stereocenters. The molecule has 2 aliphatic heterocycles. The number of aryl methyl sites for hydroxylation is 1. The maximum Gasteiger partial charge on any atom is 0.264 e. The Morgan fingerprint density at radius 1 is 1.35 bits per heavy atom. The van der Waals surface area contributed by atoms with Crippen LogP contribution in [0.1, 0.15) is 21.0 Å². The summed E-state index contributed by atoms with van der Waals surface area (Å²) in [5.74, 6) is 0.580. The van der Waals surface area contributed by atoms with Gasteiger partial charge in [0.05, 0.1) is 23.6 Å². The van der Waals surface area contributed by atoms with Crippen molar-refractivity contribution in [3.8, 4) is 0 Å². The van der Waals surface area contributed by atoms with E-state index in [2.05, 4.69) is 9.80 Å². The molecular weight excluding hydrogens is 312 g/mol. The molecule has 6 heteroatoms. The van der Waals surface area contributed by atoms with Gasteiger partial charge in [0, 0.05) is 51.2 Å². The third kappa shape index (κ3) is 3.45. The number of amides is 1. The summed E-state index contributed by atoms with van der Waals surface area (Å²) in [5.41, 5.74) is 0. The van der Waals surface area contributed by atoms with Crippen molar-refractivity contribution < 1.29 is 14.3 Å². The Morgan fingerprint density at radius 2 is 2.17 bits per heavy atom. The Kier molecular flexibility index (Phi) is 5.36. The minimum Gasteiger partial charge on any atom is -0.383 e. The number of fused-ring (bicyclic) bond motifs is 1. The molecule has 1 amide bonds. The number of methoxy groups -OCH3 is 2. The zero-order valence-electron chi connectivity index (χ0n) is 14.2. The minimum atomic E-state index is 0.182. The highest BCUT2D eigenvalue weighted by molar-refractivity contribution is 7.13. The van der Waals surface area contributed by atoms with Crippen molar-refractivity contribution in [2.45, 2.75) is 25.5 Å². The number of nitrogens with zero attached hydrogens (tertiary/aromatic N) is 2. The van der Waals surface area contributed by atoms with Gasteiger partial charge in [-0.2, -0.15) is 0 Å². The highest BCUT2D eigenvalue weighted by Crippen LogP contribution is 2.34. The molecule has 0 bridgehead atoms. The van der Waals surface area contributed by atoms with Crippen molar-refractivity contribution >= 4 is 17.2 Å². The van der Waals surface area contributed by atoms with E-state index in [9.17, 15) is 4.79 Å². The van der Waals surface area contributed by atoms with E-state index in [1.807, 2.05) is 19.1 Å². The first-order chi connectivity index (χ1) is 11.1. The van der Waals surface area contributed by atoms with Gasteiger partial charge < -0.3 is 14.4 Å². The standard InChI is InChI=1S/C17H26N2O3S/c1-12-4-5-16(23-12)17(20)19-7-6-15(22-3)13-10-18(8-9-21-2)11-14(13)19/h4-5,13-15H,6-11H2,1-3H3/t13-,14+,15-/m1/s1. The lowest BCUT2D eigenvalue weighted by Gasteiger charge is -2.41. The summed E-state index contributed by atoms with van der Waals surface area (Å²) in [6.07, 6.45) is 1.17. The molecule has 1 aromatic heterocycles. The van der Waals surface area contributed by atoms with Crippen LogP contribution in [0.15, 0.2) is 12.1 Å². The molecule has 0 unspecified atom stereocenters. The zero-order chi connectivity index (χ0) is 16.4. The summed E-state index contributed by atoms with van der Waals surface area (Å²) < 4.78 is 10.9. The highest BCUT2D eigenvalue weighted by atomic mass is 32.1. The van der Waals surface area contributed by atoms with Crippen LogP contribution in [-0.2, 0) is 9.47 Å². The number of rotatable bonds is 5. The van der Waals surface area contributed by atoms with Gasteiger partial charge in [-0.15, -0.1) is 11.3 Å². The van der Waals surface area contributed by atoms with Crippen LogP contribution in [0.25, 0.3) is 0 Å². The second kappa shape index (κ2) is 7.30. The van der Waals surface area contributed by atoms with Gasteiger partial charge in [-0.05, 0) is 25.5 Å². The third-order valence-corrected chi connectivity index (χ3v) is 6.06. The van der Waals surface area contributed by atoms with Crippen LogP contribution in [0, 0.1) is 12.8 Å². The Balaban J connectivity index is 1.75. The van der Waals surface area contributed by atoms with Gasteiger partial charge in [0.25, 0.3) is 5.91 Å². The van der Waals surface area contributed by atoms with Gasteiger partial charge in [0.2, 0.25) is 0 Å². The first kappa shape index (κ1) is 16.9. The normalized spacial score (nSPS) is 28.1. The van der Waals surface area contributed by atoms with E-state index in [1.165, 1.54) is 4.88 Å². The van der Waals surface area contributed by atoms with E-state index < -0.39 is 0 Å². The maximum atomic E-state index is 12.9. The van der Waals surface area contributed by atoms with Gasteiger partial charge in [-0.3, -0.25) is 9.69 Å². The van der Waals surface area contributed by atoms with Crippen LogP contribution in [0.3, 0.4) is 0 Å². The lowest BCUT2D eigenvalue weighted by Crippen LogP contribution is -2.53. The summed E-state index contributed by atoms with van der Waals surface area (Å²) in [6, 6.07) is 4.23. The van der Waals surface area contributed by atoms with Gasteiger partial charge >= 0.3 is 0 Å². The lowest BCUT2D eigenvalue weighted by molar-refractivity contribution is -0.0155. The SMILES string of the molecule is COCCN1C[C@H]2[C@H](OC)CCN(C(=O)c3ccc(C)s3)[C@H]2C1. The molecule has 23 heavy (non-hydrogen) atoms. The van der Waals surface area contributed by atoms with Crippen LogP contribution >= 0.6 is 11.3 Å². The molecule has 2 saturated heterocycles. The van der Waals surface area contributed by atoms with Crippen LogP contribution < -0.4 is 0 Å². The molecule has 0 radical (unpaired) electrons. The molecule has 128 valence electrons. The van der Waals surface area contributed by atoms with E-state index >= 15 is 0 Å². The molecule has 3 rings (SSSR count). The molecule has 3 heterocycles. The van der Waals surface area contributed by atoms with Gasteiger partial charge in [-0.25, -0.2) is 0 Å². The molecule has 0 spiro atoms. The van der Waals surface area contributed by atoms with Crippen molar-refractivity contribution in [1.29, 1.82) is 0 Å². The summed E-state index contributed by atoms with van der Waals surface area (Å²) in [6.45, 7) is 6.38. The van der Waals surface area contributed by atoms with E-state index in [4.69, 9.17) is 9.47 Å². The van der Waals surface area contributed by atoms with Crippen LogP contribution in [0.5, 0.6) is 0 Å². The Hall–Kier alpha value is -0.950. The fraction of sp³-hybridized carbons (Fsp3) is 0.706. The Labute approximate surface area is 142 Å².